The number of allylic oxidation sites excluding steroid dienone is 3. The molecule has 0 atom stereocenters. The predicted molar refractivity (Wildman–Crippen MR) is 63.2 cm³/mol. The first-order chi connectivity index (χ1) is 7.29. The van der Waals surface area contributed by atoms with Crippen molar-refractivity contribution >= 4 is 17.3 Å². The van der Waals surface area contributed by atoms with Crippen molar-refractivity contribution < 1.29 is 9.90 Å². The molecule has 0 aromatic carbocycles. The highest BCUT2D eigenvalue weighted by molar-refractivity contribution is 7.09. The molecule has 0 saturated heterocycles. The monoisotopic (exact) mass is 222 g/mol. The van der Waals surface area contributed by atoms with E-state index in [2.05, 4.69) is 17.5 Å². The Hall–Kier alpha value is -1.35. The first-order valence-corrected chi connectivity index (χ1v) is 5.75. The Balaban J connectivity index is 2.09. The minimum atomic E-state index is -0.904. The fraction of sp³-hybridized carbons (Fsp3) is 0.250. The number of unbranched alkanes of at least 4 members (excludes halogenated alkanes) is 1. The van der Waals surface area contributed by atoms with Crippen LogP contribution in [0.1, 0.15) is 17.7 Å². The molecular formula is C12H14O2S. The van der Waals surface area contributed by atoms with Crippen molar-refractivity contribution in [3.05, 3.63) is 46.7 Å². The molecule has 0 unspecified atom stereocenters. The normalized spacial score (nSPS) is 11.5. The number of rotatable bonds is 6. The summed E-state index contributed by atoms with van der Waals surface area (Å²) in [5.41, 5.74) is 0. The largest absolute Gasteiger partial charge is 0.478 e. The summed E-state index contributed by atoms with van der Waals surface area (Å²) in [6.45, 7) is 0. The fourth-order valence-corrected chi connectivity index (χ4v) is 1.91. The van der Waals surface area contributed by atoms with Gasteiger partial charge in [0, 0.05) is 11.0 Å². The van der Waals surface area contributed by atoms with E-state index in [9.17, 15) is 4.79 Å². The van der Waals surface area contributed by atoms with Gasteiger partial charge in [-0.05, 0) is 30.7 Å². The molecule has 0 radical (unpaired) electrons. The summed E-state index contributed by atoms with van der Waals surface area (Å²) in [4.78, 5) is 11.5. The number of aliphatic carboxylic acids is 1. The summed E-state index contributed by atoms with van der Waals surface area (Å²) < 4.78 is 0. The second kappa shape index (κ2) is 7.01. The van der Waals surface area contributed by atoms with Crippen molar-refractivity contribution in [2.75, 3.05) is 0 Å². The van der Waals surface area contributed by atoms with Crippen molar-refractivity contribution in [3.8, 4) is 0 Å². The molecule has 1 N–H and O–H groups in total. The number of hydrogen-bond donors (Lipinski definition) is 1. The van der Waals surface area contributed by atoms with E-state index in [4.69, 9.17) is 5.11 Å². The highest BCUT2D eigenvalue weighted by Gasteiger charge is 1.91. The number of thiophene rings is 1. The van der Waals surface area contributed by atoms with Gasteiger partial charge in [0.05, 0.1) is 0 Å². The topological polar surface area (TPSA) is 37.3 Å². The van der Waals surface area contributed by atoms with Gasteiger partial charge in [-0.2, -0.15) is 0 Å². The van der Waals surface area contributed by atoms with Crippen LogP contribution in [-0.4, -0.2) is 11.1 Å². The summed E-state index contributed by atoms with van der Waals surface area (Å²) in [6, 6.07) is 4.20. The van der Waals surface area contributed by atoms with Crippen LogP contribution in [0.5, 0.6) is 0 Å². The molecule has 1 rings (SSSR count). The van der Waals surface area contributed by atoms with Crippen LogP contribution in [0.3, 0.4) is 0 Å². The summed E-state index contributed by atoms with van der Waals surface area (Å²) >= 11 is 1.78. The Morgan fingerprint density at radius 2 is 2.33 bits per heavy atom. The first-order valence-electron chi connectivity index (χ1n) is 4.87. The maximum atomic E-state index is 10.1. The van der Waals surface area contributed by atoms with Crippen LogP contribution >= 0.6 is 11.3 Å². The lowest BCUT2D eigenvalue weighted by molar-refractivity contribution is -0.131. The van der Waals surface area contributed by atoms with Crippen LogP contribution in [-0.2, 0) is 11.2 Å². The molecule has 80 valence electrons. The molecule has 1 aromatic rings. The van der Waals surface area contributed by atoms with Crippen LogP contribution in [0.25, 0.3) is 0 Å². The third-order valence-corrected chi connectivity index (χ3v) is 2.80. The molecule has 15 heavy (non-hydrogen) atoms. The lowest BCUT2D eigenvalue weighted by atomic mass is 10.2. The molecule has 1 heterocycles. The highest BCUT2D eigenvalue weighted by Crippen LogP contribution is 2.11. The number of hydrogen-bond acceptors (Lipinski definition) is 2. The van der Waals surface area contributed by atoms with Gasteiger partial charge in [-0.3, -0.25) is 0 Å². The second-order valence-electron chi connectivity index (χ2n) is 3.10. The van der Waals surface area contributed by atoms with Gasteiger partial charge in [-0.15, -0.1) is 11.3 Å². The highest BCUT2D eigenvalue weighted by atomic mass is 32.1. The van der Waals surface area contributed by atoms with E-state index in [0.29, 0.717) is 0 Å². The summed E-state index contributed by atoms with van der Waals surface area (Å²) in [5.74, 6) is -0.904. The molecule has 0 amide bonds. The van der Waals surface area contributed by atoms with Gasteiger partial charge < -0.3 is 5.11 Å². The van der Waals surface area contributed by atoms with E-state index in [1.54, 1.807) is 23.5 Å². The van der Waals surface area contributed by atoms with Crippen molar-refractivity contribution in [2.24, 2.45) is 0 Å². The molecule has 0 spiro atoms. The molecule has 0 saturated carbocycles. The third-order valence-electron chi connectivity index (χ3n) is 1.86. The van der Waals surface area contributed by atoms with Crippen molar-refractivity contribution in [1.29, 1.82) is 0 Å². The van der Waals surface area contributed by atoms with Crippen molar-refractivity contribution in [2.45, 2.75) is 19.3 Å². The molecule has 3 heteroatoms. The summed E-state index contributed by atoms with van der Waals surface area (Å²) in [7, 11) is 0. The quantitative estimate of drug-likeness (QED) is 0.455. The van der Waals surface area contributed by atoms with Gasteiger partial charge in [-0.25, -0.2) is 4.79 Å². The average Bonchev–Trinajstić information content (AvgIpc) is 2.68. The zero-order chi connectivity index (χ0) is 10.9. The average molecular weight is 222 g/mol. The van der Waals surface area contributed by atoms with E-state index in [1.165, 1.54) is 4.88 Å². The van der Waals surface area contributed by atoms with E-state index >= 15 is 0 Å². The minimum absolute atomic E-state index is 0.904. The SMILES string of the molecule is O=C(O)/C=C/C=C/CCCc1cccs1. The van der Waals surface area contributed by atoms with E-state index in [-0.39, 0.29) is 0 Å². The van der Waals surface area contributed by atoms with Crippen LogP contribution < -0.4 is 0 Å². The molecule has 0 aliphatic heterocycles. The minimum Gasteiger partial charge on any atom is -0.478 e. The summed E-state index contributed by atoms with van der Waals surface area (Å²) in [5, 5.41) is 10.4. The Labute approximate surface area is 93.6 Å². The van der Waals surface area contributed by atoms with Crippen molar-refractivity contribution in [1.82, 2.24) is 0 Å². The lowest BCUT2D eigenvalue weighted by Crippen LogP contribution is -1.84. The van der Waals surface area contributed by atoms with Gasteiger partial charge >= 0.3 is 5.97 Å². The maximum Gasteiger partial charge on any atom is 0.328 e. The Morgan fingerprint density at radius 1 is 1.47 bits per heavy atom. The Bertz CT molecular complexity index is 337. The number of aryl methyl sites for hydroxylation is 1. The van der Waals surface area contributed by atoms with Crippen LogP contribution in [0.15, 0.2) is 41.8 Å². The zero-order valence-corrected chi connectivity index (χ0v) is 9.24. The van der Waals surface area contributed by atoms with Gasteiger partial charge in [-0.1, -0.05) is 24.3 Å². The van der Waals surface area contributed by atoms with E-state index in [0.717, 1.165) is 25.3 Å². The molecule has 2 nitrogen and oxygen atoms in total. The fourth-order valence-electron chi connectivity index (χ4n) is 1.16. The van der Waals surface area contributed by atoms with Crippen LogP contribution in [0.4, 0.5) is 0 Å². The van der Waals surface area contributed by atoms with Crippen molar-refractivity contribution in [3.63, 3.8) is 0 Å². The molecule has 0 bridgehead atoms. The van der Waals surface area contributed by atoms with Crippen LogP contribution in [0.2, 0.25) is 0 Å². The Kier molecular flexibility index (Phi) is 5.48. The molecule has 0 fully saturated rings. The molecule has 0 aliphatic carbocycles. The molecular weight excluding hydrogens is 208 g/mol. The number of carboxylic acid groups (broad SMARTS) is 1. The van der Waals surface area contributed by atoms with Gasteiger partial charge in [0.25, 0.3) is 0 Å². The standard InChI is InChI=1S/C12H14O2S/c13-12(14)9-5-3-1-2-4-7-11-8-6-10-15-11/h1,3,5-6,8-10H,2,4,7H2,(H,13,14)/b3-1+,9-5+. The van der Waals surface area contributed by atoms with Gasteiger partial charge in [0.2, 0.25) is 0 Å². The summed E-state index contributed by atoms with van der Waals surface area (Å²) in [6.07, 6.45) is 9.66. The Morgan fingerprint density at radius 3 is 3.00 bits per heavy atom. The lowest BCUT2D eigenvalue weighted by Gasteiger charge is -1.92. The number of carbonyl (C=O) groups is 1. The third kappa shape index (κ3) is 5.86. The smallest absolute Gasteiger partial charge is 0.328 e. The molecule has 1 aromatic heterocycles. The first kappa shape index (κ1) is 11.7. The maximum absolute atomic E-state index is 10.1. The predicted octanol–water partition coefficient (Wildman–Crippen LogP) is 3.27. The van der Waals surface area contributed by atoms with Crippen LogP contribution in [0, 0.1) is 0 Å². The second-order valence-corrected chi connectivity index (χ2v) is 4.13. The van der Waals surface area contributed by atoms with Gasteiger partial charge in [0.15, 0.2) is 0 Å². The van der Waals surface area contributed by atoms with E-state index < -0.39 is 5.97 Å². The molecule has 0 aliphatic rings. The zero-order valence-electron chi connectivity index (χ0n) is 8.43. The number of carboxylic acids is 1. The van der Waals surface area contributed by atoms with Gasteiger partial charge in [0.1, 0.15) is 0 Å². The van der Waals surface area contributed by atoms with E-state index in [1.807, 2.05) is 6.08 Å².